The first-order valence-corrected chi connectivity index (χ1v) is 8.71. The number of carbonyl (C=O) groups excluding carboxylic acids is 1. The van der Waals surface area contributed by atoms with Crippen LogP contribution < -0.4 is 11.1 Å². The van der Waals surface area contributed by atoms with E-state index < -0.39 is 5.54 Å². The number of rotatable bonds is 10. The summed E-state index contributed by atoms with van der Waals surface area (Å²) in [5, 5.41) is 3.28. The van der Waals surface area contributed by atoms with Crippen molar-refractivity contribution in [3.8, 4) is 0 Å². The van der Waals surface area contributed by atoms with E-state index in [0.29, 0.717) is 0 Å². The van der Waals surface area contributed by atoms with Crippen LogP contribution in [0.1, 0.15) is 45.1 Å². The number of nitrogens with one attached hydrogen (secondary N) is 1. The van der Waals surface area contributed by atoms with E-state index in [9.17, 15) is 4.79 Å². The van der Waals surface area contributed by atoms with Crippen LogP contribution in [0.15, 0.2) is 29.2 Å². The van der Waals surface area contributed by atoms with E-state index in [1.807, 2.05) is 18.7 Å². The fourth-order valence-corrected chi connectivity index (χ4v) is 3.20. The molecule has 0 aromatic heterocycles. The Labute approximate surface area is 133 Å². The van der Waals surface area contributed by atoms with E-state index in [1.54, 1.807) is 0 Å². The zero-order chi connectivity index (χ0) is 15.7. The number of nitrogens with two attached hydrogens (primary N) is 1. The first-order chi connectivity index (χ1) is 9.98. The van der Waals surface area contributed by atoms with Crippen molar-refractivity contribution in [3.05, 3.63) is 29.8 Å². The van der Waals surface area contributed by atoms with Gasteiger partial charge in [0.15, 0.2) is 0 Å². The fraction of sp³-hybridized carbons (Fsp3) is 0.588. The number of benzene rings is 1. The van der Waals surface area contributed by atoms with Crippen LogP contribution in [0.5, 0.6) is 0 Å². The van der Waals surface area contributed by atoms with Crippen LogP contribution in [0, 0.1) is 6.92 Å². The number of amides is 1. The summed E-state index contributed by atoms with van der Waals surface area (Å²) in [4.78, 5) is 12.9. The third kappa shape index (κ3) is 6.53. The average molecular weight is 308 g/mol. The van der Waals surface area contributed by atoms with E-state index in [-0.39, 0.29) is 5.91 Å². The van der Waals surface area contributed by atoms with Gasteiger partial charge in [0.05, 0.1) is 5.54 Å². The molecular formula is C17H28N2OS. The molecule has 1 unspecified atom stereocenters. The molecule has 0 aliphatic heterocycles. The number of thioether (sulfide) groups is 1. The predicted octanol–water partition coefficient (Wildman–Crippen LogP) is 3.50. The summed E-state index contributed by atoms with van der Waals surface area (Å²) in [5.74, 6) is 0.828. The number of aryl methyl sites for hydroxylation is 1. The van der Waals surface area contributed by atoms with Gasteiger partial charge in [-0.25, -0.2) is 0 Å². The van der Waals surface area contributed by atoms with Crippen molar-refractivity contribution in [2.75, 3.05) is 12.3 Å². The maximum atomic E-state index is 11.6. The highest BCUT2D eigenvalue weighted by Crippen LogP contribution is 2.22. The highest BCUT2D eigenvalue weighted by atomic mass is 32.2. The van der Waals surface area contributed by atoms with Gasteiger partial charge in [-0.05, 0) is 57.5 Å². The molecule has 0 saturated heterocycles. The van der Waals surface area contributed by atoms with Crippen LogP contribution in [-0.4, -0.2) is 23.7 Å². The Bertz CT molecular complexity index is 450. The maximum absolute atomic E-state index is 11.6. The topological polar surface area (TPSA) is 55.1 Å². The second-order valence-corrected chi connectivity index (χ2v) is 6.91. The van der Waals surface area contributed by atoms with Crippen LogP contribution in [0.4, 0.5) is 0 Å². The van der Waals surface area contributed by atoms with Gasteiger partial charge < -0.3 is 11.1 Å². The Morgan fingerprint density at radius 1 is 1.38 bits per heavy atom. The molecular weight excluding hydrogens is 280 g/mol. The molecule has 0 fully saturated rings. The van der Waals surface area contributed by atoms with E-state index in [4.69, 9.17) is 5.73 Å². The molecule has 3 N–H and O–H groups in total. The van der Waals surface area contributed by atoms with Crippen molar-refractivity contribution in [1.82, 2.24) is 5.32 Å². The lowest BCUT2D eigenvalue weighted by atomic mass is 9.94. The molecule has 0 saturated carbocycles. The van der Waals surface area contributed by atoms with Gasteiger partial charge in [0.25, 0.3) is 0 Å². The Morgan fingerprint density at radius 3 is 2.76 bits per heavy atom. The third-order valence-corrected chi connectivity index (χ3v) is 4.72. The van der Waals surface area contributed by atoms with Crippen molar-refractivity contribution in [2.24, 2.45) is 5.73 Å². The molecule has 1 amide bonds. The smallest absolute Gasteiger partial charge is 0.237 e. The monoisotopic (exact) mass is 308 g/mol. The normalized spacial score (nSPS) is 13.9. The van der Waals surface area contributed by atoms with Crippen molar-refractivity contribution >= 4 is 17.7 Å². The molecule has 0 heterocycles. The summed E-state index contributed by atoms with van der Waals surface area (Å²) in [7, 11) is 0. The van der Waals surface area contributed by atoms with Crippen LogP contribution in [0.25, 0.3) is 0 Å². The number of carbonyl (C=O) groups is 1. The van der Waals surface area contributed by atoms with E-state index in [1.165, 1.54) is 10.5 Å². The SMILES string of the molecule is CCCNC(C)(CCCCSc1cccc(C)c1)C(N)=O. The summed E-state index contributed by atoms with van der Waals surface area (Å²) >= 11 is 1.87. The minimum absolute atomic E-state index is 0.248. The largest absolute Gasteiger partial charge is 0.368 e. The van der Waals surface area contributed by atoms with Gasteiger partial charge in [-0.2, -0.15) is 0 Å². The summed E-state index contributed by atoms with van der Waals surface area (Å²) < 4.78 is 0. The zero-order valence-electron chi connectivity index (χ0n) is 13.4. The fourth-order valence-electron chi connectivity index (χ4n) is 2.18. The van der Waals surface area contributed by atoms with Crippen molar-refractivity contribution in [3.63, 3.8) is 0 Å². The second-order valence-electron chi connectivity index (χ2n) is 5.75. The molecule has 4 heteroatoms. The summed E-state index contributed by atoms with van der Waals surface area (Å²) in [6.45, 7) is 6.95. The summed E-state index contributed by atoms with van der Waals surface area (Å²) in [6, 6.07) is 8.56. The molecule has 1 atom stereocenters. The molecule has 0 aliphatic carbocycles. The molecule has 1 aromatic rings. The molecule has 0 radical (unpaired) electrons. The minimum atomic E-state index is -0.565. The van der Waals surface area contributed by atoms with Gasteiger partial charge in [0.1, 0.15) is 0 Å². The lowest BCUT2D eigenvalue weighted by Gasteiger charge is -2.27. The van der Waals surface area contributed by atoms with Crippen molar-refractivity contribution in [2.45, 2.75) is 56.9 Å². The molecule has 0 aliphatic rings. The lowest BCUT2D eigenvalue weighted by molar-refractivity contribution is -0.124. The number of unbranched alkanes of at least 4 members (excludes halogenated alkanes) is 1. The predicted molar refractivity (Wildman–Crippen MR) is 91.6 cm³/mol. The standard InChI is InChI=1S/C17H28N2OS/c1-4-11-19-17(3,16(18)20)10-5-6-12-21-15-9-7-8-14(2)13-15/h7-9,13,19H,4-6,10-12H2,1-3H3,(H2,18,20). The van der Waals surface area contributed by atoms with E-state index in [0.717, 1.165) is 38.0 Å². The lowest BCUT2D eigenvalue weighted by Crippen LogP contribution is -2.53. The zero-order valence-corrected chi connectivity index (χ0v) is 14.3. The minimum Gasteiger partial charge on any atom is -0.368 e. The van der Waals surface area contributed by atoms with Crippen molar-refractivity contribution in [1.29, 1.82) is 0 Å². The summed E-state index contributed by atoms with van der Waals surface area (Å²) in [5.41, 5.74) is 6.26. The number of hydrogen-bond donors (Lipinski definition) is 2. The van der Waals surface area contributed by atoms with Crippen LogP contribution in [0.3, 0.4) is 0 Å². The van der Waals surface area contributed by atoms with Gasteiger partial charge >= 0.3 is 0 Å². The molecule has 21 heavy (non-hydrogen) atoms. The number of primary amides is 1. The van der Waals surface area contributed by atoms with E-state index in [2.05, 4.69) is 43.4 Å². The Hall–Kier alpha value is -1.00. The van der Waals surface area contributed by atoms with Crippen molar-refractivity contribution < 1.29 is 4.79 Å². The first-order valence-electron chi connectivity index (χ1n) is 7.72. The first kappa shape index (κ1) is 18.1. The average Bonchev–Trinajstić information content (AvgIpc) is 2.44. The van der Waals surface area contributed by atoms with E-state index >= 15 is 0 Å². The number of hydrogen-bond acceptors (Lipinski definition) is 3. The second kappa shape index (κ2) is 9.11. The highest BCUT2D eigenvalue weighted by molar-refractivity contribution is 7.99. The highest BCUT2D eigenvalue weighted by Gasteiger charge is 2.29. The Kier molecular flexibility index (Phi) is 7.83. The molecule has 1 aromatic carbocycles. The Balaban J connectivity index is 2.30. The third-order valence-electron chi connectivity index (χ3n) is 3.64. The van der Waals surface area contributed by atoms with Gasteiger partial charge in [0.2, 0.25) is 5.91 Å². The molecule has 0 spiro atoms. The molecule has 0 bridgehead atoms. The van der Waals surface area contributed by atoms with Crippen LogP contribution >= 0.6 is 11.8 Å². The van der Waals surface area contributed by atoms with Crippen LogP contribution in [-0.2, 0) is 4.79 Å². The van der Waals surface area contributed by atoms with Gasteiger partial charge in [-0.1, -0.05) is 31.0 Å². The van der Waals surface area contributed by atoms with Gasteiger partial charge in [-0.3, -0.25) is 4.79 Å². The van der Waals surface area contributed by atoms with Crippen LogP contribution in [0.2, 0.25) is 0 Å². The Morgan fingerprint density at radius 2 is 2.14 bits per heavy atom. The molecule has 3 nitrogen and oxygen atoms in total. The quantitative estimate of drug-likeness (QED) is 0.514. The summed E-state index contributed by atoms with van der Waals surface area (Å²) in [6.07, 6.45) is 3.91. The maximum Gasteiger partial charge on any atom is 0.237 e. The molecule has 1 rings (SSSR count). The molecule has 118 valence electrons. The van der Waals surface area contributed by atoms with Gasteiger partial charge in [0, 0.05) is 4.90 Å². The van der Waals surface area contributed by atoms with Gasteiger partial charge in [-0.15, -0.1) is 11.8 Å².